The van der Waals surface area contributed by atoms with Crippen LogP contribution in [-0.2, 0) is 13.6 Å². The molecule has 0 fully saturated rings. The minimum atomic E-state index is -0.255. The summed E-state index contributed by atoms with van der Waals surface area (Å²) in [6.45, 7) is 0.395. The van der Waals surface area contributed by atoms with Crippen LogP contribution < -0.4 is 11.1 Å². The molecule has 0 aliphatic rings. The second-order valence-corrected chi connectivity index (χ2v) is 4.20. The van der Waals surface area contributed by atoms with Crippen LogP contribution in [0.3, 0.4) is 0 Å². The number of halogens is 1. The summed E-state index contributed by atoms with van der Waals surface area (Å²) in [7, 11) is 1.81. The lowest BCUT2D eigenvalue weighted by Gasteiger charge is -2.04. The number of anilines is 1. The molecular formula is C11H12ClN5O. The van der Waals surface area contributed by atoms with Crippen molar-refractivity contribution in [3.63, 3.8) is 0 Å². The zero-order valence-electron chi connectivity index (χ0n) is 9.72. The number of carbonyl (C=O) groups is 1. The van der Waals surface area contributed by atoms with E-state index in [4.69, 9.17) is 17.3 Å². The van der Waals surface area contributed by atoms with Gasteiger partial charge in [0.25, 0.3) is 5.91 Å². The third-order valence-corrected chi connectivity index (χ3v) is 2.48. The number of rotatable bonds is 3. The first-order chi connectivity index (χ1) is 8.54. The standard InChI is InChI=1S/C11H12ClN5O/c1-17-6-7(5-15-17)4-14-11(18)8-2-9(12)16-10(13)3-8/h2-3,5-6H,4H2,1H3,(H2,13,16)(H,14,18). The van der Waals surface area contributed by atoms with Crippen LogP contribution in [0.2, 0.25) is 5.15 Å². The molecule has 1 amide bonds. The maximum absolute atomic E-state index is 11.8. The van der Waals surface area contributed by atoms with Crippen LogP contribution in [0.25, 0.3) is 0 Å². The van der Waals surface area contributed by atoms with Gasteiger partial charge in [0.2, 0.25) is 0 Å². The molecule has 2 rings (SSSR count). The number of amides is 1. The third kappa shape index (κ3) is 2.98. The summed E-state index contributed by atoms with van der Waals surface area (Å²) >= 11 is 5.73. The maximum Gasteiger partial charge on any atom is 0.251 e. The van der Waals surface area contributed by atoms with Gasteiger partial charge in [-0.3, -0.25) is 9.48 Å². The summed E-state index contributed by atoms with van der Waals surface area (Å²) < 4.78 is 1.67. The van der Waals surface area contributed by atoms with Crippen LogP contribution in [0.15, 0.2) is 24.5 Å². The predicted molar refractivity (Wildman–Crippen MR) is 68.0 cm³/mol. The lowest BCUT2D eigenvalue weighted by molar-refractivity contribution is 0.0951. The molecule has 0 radical (unpaired) electrons. The number of aryl methyl sites for hydroxylation is 1. The molecule has 18 heavy (non-hydrogen) atoms. The zero-order valence-corrected chi connectivity index (χ0v) is 10.5. The van der Waals surface area contributed by atoms with E-state index in [0.29, 0.717) is 12.1 Å². The highest BCUT2D eigenvalue weighted by atomic mass is 35.5. The second-order valence-electron chi connectivity index (χ2n) is 3.81. The highest BCUT2D eigenvalue weighted by molar-refractivity contribution is 6.29. The molecule has 94 valence electrons. The molecule has 0 aliphatic carbocycles. The number of hydrogen-bond acceptors (Lipinski definition) is 4. The Kier molecular flexibility index (Phi) is 3.47. The normalized spacial score (nSPS) is 10.3. The summed E-state index contributed by atoms with van der Waals surface area (Å²) in [6.07, 6.45) is 3.52. The largest absolute Gasteiger partial charge is 0.384 e. The van der Waals surface area contributed by atoms with Crippen LogP contribution in [0.5, 0.6) is 0 Å². The quantitative estimate of drug-likeness (QED) is 0.810. The summed E-state index contributed by atoms with van der Waals surface area (Å²) in [6, 6.07) is 2.95. The Balaban J connectivity index is 2.03. The first-order valence-electron chi connectivity index (χ1n) is 5.23. The second kappa shape index (κ2) is 5.05. The molecular weight excluding hydrogens is 254 g/mol. The fourth-order valence-corrected chi connectivity index (χ4v) is 1.71. The molecule has 2 heterocycles. The number of carbonyl (C=O) groups excluding carboxylic acids is 1. The Morgan fingerprint density at radius 3 is 2.94 bits per heavy atom. The van der Waals surface area contributed by atoms with Crippen molar-refractivity contribution in [3.05, 3.63) is 40.8 Å². The topological polar surface area (TPSA) is 85.8 Å². The smallest absolute Gasteiger partial charge is 0.251 e. The Bertz CT molecular complexity index is 560. The number of nitrogens with one attached hydrogen (secondary N) is 1. The molecule has 6 nitrogen and oxygen atoms in total. The van der Waals surface area contributed by atoms with E-state index in [1.54, 1.807) is 10.9 Å². The number of nitrogen functional groups attached to an aromatic ring is 1. The fraction of sp³-hybridized carbons (Fsp3) is 0.182. The van der Waals surface area contributed by atoms with E-state index in [-0.39, 0.29) is 16.9 Å². The molecule has 0 spiro atoms. The van der Waals surface area contributed by atoms with Gasteiger partial charge in [-0.15, -0.1) is 0 Å². The molecule has 0 saturated heterocycles. The highest BCUT2D eigenvalue weighted by Crippen LogP contribution is 2.12. The van der Waals surface area contributed by atoms with Crippen molar-refractivity contribution in [1.82, 2.24) is 20.1 Å². The first kappa shape index (κ1) is 12.4. The molecule has 0 atom stereocenters. The number of aromatic nitrogens is 3. The van der Waals surface area contributed by atoms with Gasteiger partial charge in [-0.1, -0.05) is 11.6 Å². The summed E-state index contributed by atoms with van der Waals surface area (Å²) in [4.78, 5) is 15.6. The van der Waals surface area contributed by atoms with Crippen molar-refractivity contribution in [2.45, 2.75) is 6.54 Å². The van der Waals surface area contributed by atoms with Crippen molar-refractivity contribution >= 4 is 23.3 Å². The van der Waals surface area contributed by atoms with Gasteiger partial charge >= 0.3 is 0 Å². The molecule has 0 saturated carbocycles. The van der Waals surface area contributed by atoms with E-state index in [1.165, 1.54) is 12.1 Å². The van der Waals surface area contributed by atoms with Crippen molar-refractivity contribution < 1.29 is 4.79 Å². The molecule has 0 unspecified atom stereocenters. The van der Waals surface area contributed by atoms with E-state index >= 15 is 0 Å². The number of nitrogens with zero attached hydrogens (tertiary/aromatic N) is 3. The average molecular weight is 266 g/mol. The van der Waals surface area contributed by atoms with E-state index in [9.17, 15) is 4.79 Å². The van der Waals surface area contributed by atoms with Gasteiger partial charge in [0, 0.05) is 30.9 Å². The summed E-state index contributed by atoms with van der Waals surface area (Å²) in [5.74, 6) is -0.0381. The SMILES string of the molecule is Cn1cc(CNC(=O)c2cc(N)nc(Cl)c2)cn1. The van der Waals surface area contributed by atoms with Crippen molar-refractivity contribution in [1.29, 1.82) is 0 Å². The fourth-order valence-electron chi connectivity index (χ4n) is 1.50. The Labute approximate surface area is 109 Å². The van der Waals surface area contributed by atoms with Gasteiger partial charge in [-0.05, 0) is 12.1 Å². The number of pyridine rings is 1. The predicted octanol–water partition coefficient (Wildman–Crippen LogP) is 0.981. The minimum absolute atomic E-state index is 0.196. The van der Waals surface area contributed by atoms with Crippen LogP contribution in [0.4, 0.5) is 5.82 Å². The van der Waals surface area contributed by atoms with Gasteiger partial charge in [-0.2, -0.15) is 5.10 Å². The van der Waals surface area contributed by atoms with Gasteiger partial charge in [0.05, 0.1) is 6.20 Å². The molecule has 3 N–H and O–H groups in total. The molecule has 0 bridgehead atoms. The maximum atomic E-state index is 11.8. The van der Waals surface area contributed by atoms with Gasteiger partial charge in [0.1, 0.15) is 11.0 Å². The molecule has 7 heteroatoms. The lowest BCUT2D eigenvalue weighted by atomic mass is 10.2. The van der Waals surface area contributed by atoms with E-state index in [0.717, 1.165) is 5.56 Å². The zero-order chi connectivity index (χ0) is 13.1. The third-order valence-electron chi connectivity index (χ3n) is 2.29. The van der Waals surface area contributed by atoms with Gasteiger partial charge < -0.3 is 11.1 Å². The molecule has 2 aromatic rings. The van der Waals surface area contributed by atoms with Crippen LogP contribution in [0, 0.1) is 0 Å². The van der Waals surface area contributed by atoms with Crippen molar-refractivity contribution in [2.24, 2.45) is 7.05 Å². The van der Waals surface area contributed by atoms with Crippen molar-refractivity contribution in [2.75, 3.05) is 5.73 Å². The van der Waals surface area contributed by atoms with Crippen LogP contribution in [0.1, 0.15) is 15.9 Å². The highest BCUT2D eigenvalue weighted by Gasteiger charge is 2.08. The number of hydrogen-bond donors (Lipinski definition) is 2. The van der Waals surface area contributed by atoms with E-state index < -0.39 is 0 Å². The lowest BCUT2D eigenvalue weighted by Crippen LogP contribution is -2.22. The summed E-state index contributed by atoms with van der Waals surface area (Å²) in [5, 5.41) is 6.95. The molecule has 0 aromatic carbocycles. The monoisotopic (exact) mass is 265 g/mol. The minimum Gasteiger partial charge on any atom is -0.384 e. The van der Waals surface area contributed by atoms with Crippen LogP contribution >= 0.6 is 11.6 Å². The van der Waals surface area contributed by atoms with Gasteiger partial charge in [0.15, 0.2) is 0 Å². The molecule has 0 aliphatic heterocycles. The van der Waals surface area contributed by atoms with Gasteiger partial charge in [-0.25, -0.2) is 4.98 Å². The van der Waals surface area contributed by atoms with E-state index in [1.807, 2.05) is 13.2 Å². The number of nitrogens with two attached hydrogens (primary N) is 1. The van der Waals surface area contributed by atoms with Crippen molar-refractivity contribution in [3.8, 4) is 0 Å². The summed E-state index contributed by atoms with van der Waals surface area (Å²) in [5.41, 5.74) is 6.82. The Hall–Kier alpha value is -2.08. The van der Waals surface area contributed by atoms with E-state index in [2.05, 4.69) is 15.4 Å². The molecule has 2 aromatic heterocycles. The first-order valence-corrected chi connectivity index (χ1v) is 5.61. The average Bonchev–Trinajstić information content (AvgIpc) is 2.70. The van der Waals surface area contributed by atoms with Crippen LogP contribution in [-0.4, -0.2) is 20.7 Å². The Morgan fingerprint density at radius 2 is 2.33 bits per heavy atom. The Morgan fingerprint density at radius 1 is 1.56 bits per heavy atom.